The zero-order valence-corrected chi connectivity index (χ0v) is 18.5. The summed E-state index contributed by atoms with van der Waals surface area (Å²) >= 11 is 5.83. The van der Waals surface area contributed by atoms with E-state index < -0.39 is 10.0 Å². The highest BCUT2D eigenvalue weighted by molar-refractivity contribution is 7.89. The van der Waals surface area contributed by atoms with Crippen molar-refractivity contribution in [1.29, 1.82) is 0 Å². The van der Waals surface area contributed by atoms with Gasteiger partial charge < -0.3 is 4.90 Å². The third-order valence-corrected chi connectivity index (χ3v) is 8.36. The van der Waals surface area contributed by atoms with Gasteiger partial charge in [0.1, 0.15) is 0 Å². The van der Waals surface area contributed by atoms with Crippen LogP contribution >= 0.6 is 11.6 Å². The van der Waals surface area contributed by atoms with Crippen molar-refractivity contribution in [2.75, 3.05) is 32.7 Å². The van der Waals surface area contributed by atoms with Crippen LogP contribution in [-0.2, 0) is 24.4 Å². The van der Waals surface area contributed by atoms with Crippen molar-refractivity contribution >= 4 is 39.3 Å². The predicted molar refractivity (Wildman–Crippen MR) is 113 cm³/mol. The zero-order chi connectivity index (χ0) is 22.2. The molecule has 2 atom stereocenters. The fourth-order valence-corrected chi connectivity index (χ4v) is 5.94. The van der Waals surface area contributed by atoms with E-state index in [-0.39, 0.29) is 73.6 Å². The SMILES string of the molecule is O=C(CCN1C(=O)C2CC=CCC2C1=O)N1CCN(S(=O)(=O)c2ccc(Cl)cc2)CC1. The van der Waals surface area contributed by atoms with Gasteiger partial charge in [0, 0.05) is 44.2 Å². The number of carbonyl (C=O) groups excluding carboxylic acids is 3. The van der Waals surface area contributed by atoms with Crippen molar-refractivity contribution in [2.45, 2.75) is 24.2 Å². The number of hydrogen-bond acceptors (Lipinski definition) is 5. The van der Waals surface area contributed by atoms with E-state index in [1.807, 2.05) is 12.2 Å². The Kier molecular flexibility index (Phi) is 6.18. The summed E-state index contributed by atoms with van der Waals surface area (Å²) in [7, 11) is -3.65. The Hall–Kier alpha value is -2.23. The highest BCUT2D eigenvalue weighted by atomic mass is 35.5. The molecule has 2 unspecified atom stereocenters. The maximum Gasteiger partial charge on any atom is 0.243 e. The largest absolute Gasteiger partial charge is 0.340 e. The molecule has 0 radical (unpaired) electrons. The molecule has 0 N–H and O–H groups in total. The van der Waals surface area contributed by atoms with E-state index in [1.165, 1.54) is 33.5 Å². The monoisotopic (exact) mass is 465 g/mol. The number of hydrogen-bond donors (Lipinski definition) is 0. The summed E-state index contributed by atoms with van der Waals surface area (Å²) in [6, 6.07) is 5.99. The topological polar surface area (TPSA) is 95.1 Å². The first-order valence-electron chi connectivity index (χ1n) is 10.3. The van der Waals surface area contributed by atoms with Gasteiger partial charge in [-0.25, -0.2) is 8.42 Å². The molecule has 1 aromatic carbocycles. The number of piperazine rings is 1. The molecule has 1 aliphatic carbocycles. The lowest BCUT2D eigenvalue weighted by molar-refractivity contribution is -0.141. The quantitative estimate of drug-likeness (QED) is 0.485. The van der Waals surface area contributed by atoms with Crippen LogP contribution in [0.5, 0.6) is 0 Å². The standard InChI is InChI=1S/C21H24ClN3O5S/c22-15-5-7-16(8-6-15)31(29,30)24-13-11-23(12-14-24)19(26)9-10-25-20(27)17-3-1-2-4-18(17)21(25)28/h1-2,5-8,17-18H,3-4,9-14H2. The van der Waals surface area contributed by atoms with Crippen molar-refractivity contribution in [3.8, 4) is 0 Å². The van der Waals surface area contributed by atoms with E-state index in [0.29, 0.717) is 17.9 Å². The van der Waals surface area contributed by atoms with Gasteiger partial charge in [-0.2, -0.15) is 4.31 Å². The molecule has 4 rings (SSSR count). The number of benzene rings is 1. The van der Waals surface area contributed by atoms with Gasteiger partial charge in [0.05, 0.1) is 16.7 Å². The molecule has 0 aromatic heterocycles. The summed E-state index contributed by atoms with van der Waals surface area (Å²) in [4.78, 5) is 40.6. The molecule has 2 saturated heterocycles. The normalized spacial score (nSPS) is 24.5. The van der Waals surface area contributed by atoms with Crippen LogP contribution in [0.4, 0.5) is 0 Å². The number of amides is 3. The van der Waals surface area contributed by atoms with Crippen LogP contribution in [0.3, 0.4) is 0 Å². The number of rotatable bonds is 5. The lowest BCUT2D eigenvalue weighted by Crippen LogP contribution is -2.51. The summed E-state index contributed by atoms with van der Waals surface area (Å²) < 4.78 is 26.9. The molecule has 2 aliphatic heterocycles. The Balaban J connectivity index is 1.30. The third kappa shape index (κ3) is 4.26. The van der Waals surface area contributed by atoms with Crippen molar-refractivity contribution in [3.63, 3.8) is 0 Å². The second-order valence-electron chi connectivity index (χ2n) is 7.97. The second kappa shape index (κ2) is 8.72. The lowest BCUT2D eigenvalue weighted by atomic mass is 9.85. The molecule has 1 aromatic rings. The summed E-state index contributed by atoms with van der Waals surface area (Å²) in [6.45, 7) is 0.987. The Morgan fingerprint density at radius 1 is 0.935 bits per heavy atom. The van der Waals surface area contributed by atoms with Crippen LogP contribution < -0.4 is 0 Å². The fraction of sp³-hybridized carbons (Fsp3) is 0.476. The molecular formula is C21H24ClN3O5S. The molecule has 8 nitrogen and oxygen atoms in total. The van der Waals surface area contributed by atoms with Crippen LogP contribution in [0, 0.1) is 11.8 Å². The highest BCUT2D eigenvalue weighted by Gasteiger charge is 2.47. The first-order valence-corrected chi connectivity index (χ1v) is 12.1. The van der Waals surface area contributed by atoms with Crippen LogP contribution in [0.2, 0.25) is 5.02 Å². The van der Waals surface area contributed by atoms with Crippen molar-refractivity contribution in [3.05, 3.63) is 41.4 Å². The number of fused-ring (bicyclic) bond motifs is 1. The average molecular weight is 466 g/mol. The molecular weight excluding hydrogens is 442 g/mol. The average Bonchev–Trinajstić information content (AvgIpc) is 3.02. The van der Waals surface area contributed by atoms with Crippen molar-refractivity contribution < 1.29 is 22.8 Å². The summed E-state index contributed by atoms with van der Waals surface area (Å²) in [5.74, 6) is -1.15. The maximum absolute atomic E-state index is 12.8. The Bertz CT molecular complexity index is 990. The van der Waals surface area contributed by atoms with Crippen LogP contribution in [0.15, 0.2) is 41.3 Å². The first kappa shape index (κ1) is 22.0. The summed E-state index contributed by atoms with van der Waals surface area (Å²) in [5, 5.41) is 0.458. The van der Waals surface area contributed by atoms with E-state index in [2.05, 4.69) is 0 Å². The lowest BCUT2D eigenvalue weighted by Gasteiger charge is -2.34. The minimum absolute atomic E-state index is 0.0499. The Labute approximate surface area is 186 Å². The maximum atomic E-state index is 12.8. The number of likely N-dealkylation sites (tertiary alicyclic amines) is 1. The summed E-state index contributed by atoms with van der Waals surface area (Å²) in [6.07, 6.45) is 5.05. The molecule has 0 bridgehead atoms. The number of sulfonamides is 1. The highest BCUT2D eigenvalue weighted by Crippen LogP contribution is 2.35. The van der Waals surface area contributed by atoms with E-state index in [0.717, 1.165) is 0 Å². The Morgan fingerprint density at radius 2 is 1.48 bits per heavy atom. The molecule has 2 fully saturated rings. The minimum atomic E-state index is -3.65. The molecule has 10 heteroatoms. The van der Waals surface area contributed by atoms with Crippen LogP contribution in [0.1, 0.15) is 19.3 Å². The van der Waals surface area contributed by atoms with Crippen LogP contribution in [0.25, 0.3) is 0 Å². The van der Waals surface area contributed by atoms with Gasteiger partial charge in [-0.1, -0.05) is 23.8 Å². The number of carbonyl (C=O) groups is 3. The van der Waals surface area contributed by atoms with Gasteiger partial charge in [0.25, 0.3) is 0 Å². The van der Waals surface area contributed by atoms with Gasteiger partial charge >= 0.3 is 0 Å². The van der Waals surface area contributed by atoms with Crippen molar-refractivity contribution in [2.24, 2.45) is 11.8 Å². The first-order chi connectivity index (χ1) is 14.8. The smallest absolute Gasteiger partial charge is 0.243 e. The third-order valence-electron chi connectivity index (χ3n) is 6.19. The van der Waals surface area contributed by atoms with Gasteiger partial charge in [-0.15, -0.1) is 0 Å². The van der Waals surface area contributed by atoms with Crippen LogP contribution in [-0.4, -0.2) is 73.0 Å². The Morgan fingerprint density at radius 3 is 2.03 bits per heavy atom. The van der Waals surface area contributed by atoms with Gasteiger partial charge in [-0.3, -0.25) is 19.3 Å². The molecule has 0 spiro atoms. The van der Waals surface area contributed by atoms with E-state index in [4.69, 9.17) is 11.6 Å². The number of halogens is 1. The fourth-order valence-electron chi connectivity index (χ4n) is 4.39. The predicted octanol–water partition coefficient (Wildman–Crippen LogP) is 1.51. The van der Waals surface area contributed by atoms with Gasteiger partial charge in [0.2, 0.25) is 27.7 Å². The molecule has 31 heavy (non-hydrogen) atoms. The minimum Gasteiger partial charge on any atom is -0.340 e. The molecule has 166 valence electrons. The molecule has 0 saturated carbocycles. The van der Waals surface area contributed by atoms with Crippen molar-refractivity contribution in [1.82, 2.24) is 14.1 Å². The molecule has 3 aliphatic rings. The van der Waals surface area contributed by atoms with Gasteiger partial charge in [0.15, 0.2) is 0 Å². The second-order valence-corrected chi connectivity index (χ2v) is 10.3. The zero-order valence-electron chi connectivity index (χ0n) is 16.9. The molecule has 3 amide bonds. The van der Waals surface area contributed by atoms with Gasteiger partial charge in [-0.05, 0) is 37.1 Å². The molecule has 2 heterocycles. The number of imide groups is 1. The summed E-state index contributed by atoms with van der Waals surface area (Å²) in [5.41, 5.74) is 0. The number of nitrogens with zero attached hydrogens (tertiary/aromatic N) is 3. The van der Waals surface area contributed by atoms with E-state index in [1.54, 1.807) is 4.90 Å². The van der Waals surface area contributed by atoms with E-state index in [9.17, 15) is 22.8 Å². The number of allylic oxidation sites excluding steroid dienone is 2. The van der Waals surface area contributed by atoms with E-state index >= 15 is 0 Å².